The lowest BCUT2D eigenvalue weighted by Crippen LogP contribution is -2.13. The van der Waals surface area contributed by atoms with Gasteiger partial charge in [-0.25, -0.2) is 0 Å². The molecule has 90 valence electrons. The number of thioether (sulfide) groups is 1. The summed E-state index contributed by atoms with van der Waals surface area (Å²) in [5.74, 6) is 0.677. The standard InChI is InChI=1S/C11H17BrN2OS/c1-4-8(3)16-7-10(15)11-9(12)6-13-14(11)5-2/h6,8H,4-5,7H2,1-3H3. The van der Waals surface area contributed by atoms with Crippen LogP contribution < -0.4 is 0 Å². The molecule has 0 saturated carbocycles. The predicted molar refractivity (Wildman–Crippen MR) is 72.1 cm³/mol. The molecule has 0 aliphatic heterocycles. The summed E-state index contributed by atoms with van der Waals surface area (Å²) < 4.78 is 2.54. The fourth-order valence-electron chi connectivity index (χ4n) is 1.28. The molecule has 1 rings (SSSR count). The number of nitrogens with zero attached hydrogens (tertiary/aromatic N) is 2. The molecule has 0 N–H and O–H groups in total. The number of halogens is 1. The predicted octanol–water partition coefficient (Wildman–Crippen LogP) is 3.38. The van der Waals surface area contributed by atoms with Gasteiger partial charge in [-0.3, -0.25) is 9.48 Å². The minimum Gasteiger partial charge on any atom is -0.291 e. The number of ketones is 1. The third-order valence-electron chi connectivity index (χ3n) is 2.43. The summed E-state index contributed by atoms with van der Waals surface area (Å²) >= 11 is 5.07. The molecule has 0 aliphatic carbocycles. The number of aromatic nitrogens is 2. The van der Waals surface area contributed by atoms with Gasteiger partial charge in [-0.1, -0.05) is 13.8 Å². The van der Waals surface area contributed by atoms with E-state index in [1.165, 1.54) is 0 Å². The van der Waals surface area contributed by atoms with Gasteiger partial charge in [0.25, 0.3) is 0 Å². The average Bonchev–Trinajstić information content (AvgIpc) is 2.66. The zero-order chi connectivity index (χ0) is 12.1. The zero-order valence-corrected chi connectivity index (χ0v) is 12.3. The van der Waals surface area contributed by atoms with Crippen LogP contribution in [-0.4, -0.2) is 26.6 Å². The van der Waals surface area contributed by atoms with Crippen LogP contribution in [0.1, 0.15) is 37.7 Å². The second-order valence-corrected chi connectivity index (χ2v) is 5.89. The van der Waals surface area contributed by atoms with Gasteiger partial charge in [0.2, 0.25) is 0 Å². The van der Waals surface area contributed by atoms with Crippen molar-refractivity contribution < 1.29 is 4.79 Å². The Labute approximate surface area is 109 Å². The quantitative estimate of drug-likeness (QED) is 0.756. The van der Waals surface area contributed by atoms with E-state index in [0.29, 0.717) is 16.7 Å². The smallest absolute Gasteiger partial charge is 0.191 e. The zero-order valence-electron chi connectivity index (χ0n) is 9.86. The van der Waals surface area contributed by atoms with Crippen molar-refractivity contribution in [1.29, 1.82) is 0 Å². The Morgan fingerprint density at radius 2 is 2.31 bits per heavy atom. The summed E-state index contributed by atoms with van der Waals surface area (Å²) in [5, 5.41) is 4.67. The van der Waals surface area contributed by atoms with E-state index >= 15 is 0 Å². The van der Waals surface area contributed by atoms with Gasteiger partial charge >= 0.3 is 0 Å². The molecule has 0 radical (unpaired) electrons. The minimum atomic E-state index is 0.150. The first-order chi connectivity index (χ1) is 7.60. The molecule has 0 spiro atoms. The van der Waals surface area contributed by atoms with Crippen molar-refractivity contribution >= 4 is 33.5 Å². The number of aryl methyl sites for hydroxylation is 1. The van der Waals surface area contributed by atoms with E-state index in [2.05, 4.69) is 34.9 Å². The first-order valence-corrected chi connectivity index (χ1v) is 7.30. The Hall–Kier alpha value is -0.290. The van der Waals surface area contributed by atoms with E-state index in [1.807, 2.05) is 6.92 Å². The Morgan fingerprint density at radius 3 is 2.88 bits per heavy atom. The van der Waals surface area contributed by atoms with Gasteiger partial charge in [-0.05, 0) is 29.3 Å². The highest BCUT2D eigenvalue weighted by Gasteiger charge is 2.16. The molecule has 1 aromatic rings. The Morgan fingerprint density at radius 1 is 1.62 bits per heavy atom. The average molecular weight is 305 g/mol. The minimum absolute atomic E-state index is 0.150. The van der Waals surface area contributed by atoms with E-state index in [9.17, 15) is 4.79 Å². The molecule has 0 amide bonds. The Bertz CT molecular complexity index is 365. The van der Waals surface area contributed by atoms with Crippen LogP contribution in [0.2, 0.25) is 0 Å². The topological polar surface area (TPSA) is 34.9 Å². The lowest BCUT2D eigenvalue weighted by atomic mass is 10.3. The van der Waals surface area contributed by atoms with Gasteiger partial charge in [0.15, 0.2) is 5.78 Å². The number of rotatable bonds is 6. The highest BCUT2D eigenvalue weighted by atomic mass is 79.9. The summed E-state index contributed by atoms with van der Waals surface area (Å²) in [4.78, 5) is 12.0. The van der Waals surface area contributed by atoms with Crippen LogP contribution in [0.3, 0.4) is 0 Å². The summed E-state index contributed by atoms with van der Waals surface area (Å²) in [6.07, 6.45) is 2.77. The maximum Gasteiger partial charge on any atom is 0.191 e. The van der Waals surface area contributed by atoms with Gasteiger partial charge in [0.05, 0.1) is 16.4 Å². The van der Waals surface area contributed by atoms with Crippen molar-refractivity contribution in [1.82, 2.24) is 9.78 Å². The van der Waals surface area contributed by atoms with Gasteiger partial charge in [-0.2, -0.15) is 16.9 Å². The summed E-state index contributed by atoms with van der Waals surface area (Å²) in [5.41, 5.74) is 0.693. The first kappa shape index (κ1) is 13.8. The van der Waals surface area contributed by atoms with Crippen LogP contribution in [0.5, 0.6) is 0 Å². The molecule has 5 heteroatoms. The molecule has 0 saturated heterocycles. The number of carbonyl (C=O) groups excluding carboxylic acids is 1. The molecule has 1 aromatic heterocycles. The monoisotopic (exact) mass is 304 g/mol. The van der Waals surface area contributed by atoms with E-state index in [0.717, 1.165) is 17.4 Å². The molecule has 0 aromatic carbocycles. The highest BCUT2D eigenvalue weighted by molar-refractivity contribution is 9.10. The molecular formula is C11H17BrN2OS. The fourth-order valence-corrected chi connectivity index (χ4v) is 2.61. The van der Waals surface area contributed by atoms with Crippen molar-refractivity contribution in [2.75, 3.05) is 5.75 Å². The molecule has 0 aliphatic rings. The van der Waals surface area contributed by atoms with Crippen LogP contribution in [0.25, 0.3) is 0 Å². The molecule has 0 bridgehead atoms. The molecule has 16 heavy (non-hydrogen) atoms. The maximum absolute atomic E-state index is 12.0. The van der Waals surface area contributed by atoms with Crippen molar-refractivity contribution in [3.05, 3.63) is 16.4 Å². The highest BCUT2D eigenvalue weighted by Crippen LogP contribution is 2.20. The van der Waals surface area contributed by atoms with Gasteiger partial charge in [0.1, 0.15) is 5.69 Å². The third-order valence-corrected chi connectivity index (χ3v) is 4.34. The normalized spacial score (nSPS) is 12.8. The van der Waals surface area contributed by atoms with Crippen LogP contribution in [0, 0.1) is 0 Å². The summed E-state index contributed by atoms with van der Waals surface area (Å²) in [6.45, 7) is 6.98. The van der Waals surface area contributed by atoms with Gasteiger partial charge < -0.3 is 0 Å². The van der Waals surface area contributed by atoms with E-state index in [1.54, 1.807) is 22.6 Å². The maximum atomic E-state index is 12.0. The van der Waals surface area contributed by atoms with Gasteiger partial charge in [0, 0.05) is 11.8 Å². The Balaban J connectivity index is 2.69. The molecule has 1 unspecified atom stereocenters. The number of hydrogen-bond acceptors (Lipinski definition) is 3. The lowest BCUT2D eigenvalue weighted by molar-refractivity contribution is 0.101. The second-order valence-electron chi connectivity index (χ2n) is 3.61. The van der Waals surface area contributed by atoms with Crippen LogP contribution in [0.15, 0.2) is 10.7 Å². The molecule has 0 fully saturated rings. The molecule has 1 atom stereocenters. The summed E-state index contributed by atoms with van der Waals surface area (Å²) in [6, 6.07) is 0. The van der Waals surface area contributed by atoms with E-state index < -0.39 is 0 Å². The van der Waals surface area contributed by atoms with E-state index in [4.69, 9.17) is 0 Å². The van der Waals surface area contributed by atoms with Crippen molar-refractivity contribution in [2.24, 2.45) is 0 Å². The Kier molecular flexibility index (Phi) is 5.55. The third kappa shape index (κ3) is 3.35. The van der Waals surface area contributed by atoms with Crippen molar-refractivity contribution in [3.63, 3.8) is 0 Å². The number of hydrogen-bond donors (Lipinski definition) is 0. The second kappa shape index (κ2) is 6.45. The van der Waals surface area contributed by atoms with Crippen molar-refractivity contribution in [3.8, 4) is 0 Å². The first-order valence-electron chi connectivity index (χ1n) is 5.46. The van der Waals surface area contributed by atoms with Gasteiger partial charge in [-0.15, -0.1) is 0 Å². The molecule has 1 heterocycles. The number of Topliss-reactive ketones (excluding diaryl/α,β-unsaturated/α-hetero) is 1. The summed E-state index contributed by atoms with van der Waals surface area (Å²) in [7, 11) is 0. The molecule has 3 nitrogen and oxygen atoms in total. The van der Waals surface area contributed by atoms with Crippen LogP contribution >= 0.6 is 27.7 Å². The van der Waals surface area contributed by atoms with Crippen LogP contribution in [-0.2, 0) is 6.54 Å². The van der Waals surface area contributed by atoms with E-state index in [-0.39, 0.29) is 5.78 Å². The molecular weight excluding hydrogens is 288 g/mol. The fraction of sp³-hybridized carbons (Fsp3) is 0.636. The number of carbonyl (C=O) groups is 1. The lowest BCUT2D eigenvalue weighted by Gasteiger charge is -2.08. The van der Waals surface area contributed by atoms with Crippen molar-refractivity contribution in [2.45, 2.75) is 39.0 Å². The SMILES string of the molecule is CCC(C)SCC(=O)c1c(Br)cnn1CC. The largest absolute Gasteiger partial charge is 0.291 e. The van der Waals surface area contributed by atoms with Crippen LogP contribution in [0.4, 0.5) is 0 Å².